The molecule has 0 spiro atoms. The fraction of sp³-hybridized carbons (Fsp3) is 0.545. The van der Waals surface area contributed by atoms with Gasteiger partial charge in [0.05, 0.1) is 0 Å². The highest BCUT2D eigenvalue weighted by Crippen LogP contribution is 2.42. The normalized spacial score (nSPS) is 21.9. The molecule has 1 aromatic heterocycles. The first kappa shape index (κ1) is 18.5. The number of esters is 1. The molecule has 3 heterocycles. The summed E-state index contributed by atoms with van der Waals surface area (Å²) in [5, 5.41) is 0.946. The second-order valence-corrected chi connectivity index (χ2v) is 9.62. The topological polar surface area (TPSA) is 42.7 Å². The van der Waals surface area contributed by atoms with Gasteiger partial charge in [0.1, 0.15) is 16.7 Å². The van der Waals surface area contributed by atoms with E-state index in [1.54, 1.807) is 0 Å². The van der Waals surface area contributed by atoms with E-state index >= 15 is 0 Å². The summed E-state index contributed by atoms with van der Waals surface area (Å²) in [5.41, 5.74) is 4.53. The zero-order valence-corrected chi connectivity index (χ0v) is 17.5. The van der Waals surface area contributed by atoms with Gasteiger partial charge in [-0.05, 0) is 75.4 Å². The smallest absolute Gasteiger partial charge is 0.343 e. The number of fused-ring (bicyclic) bond motifs is 2. The Bertz CT molecular complexity index is 984. The fourth-order valence-corrected chi connectivity index (χ4v) is 4.69. The molecule has 27 heavy (non-hydrogen) atoms. The van der Waals surface area contributed by atoms with E-state index in [9.17, 15) is 4.79 Å². The Hall–Kier alpha value is -1.88. The van der Waals surface area contributed by atoms with Gasteiger partial charge < -0.3 is 14.1 Å². The Kier molecular flexibility index (Phi) is 4.34. The van der Waals surface area contributed by atoms with Gasteiger partial charge in [-0.3, -0.25) is 0 Å². The van der Waals surface area contributed by atoms with Crippen molar-refractivity contribution >= 4 is 34.8 Å². The number of ether oxygens (including phenoxy) is 1. The molecule has 5 heteroatoms. The minimum Gasteiger partial charge on any atom is -0.456 e. The van der Waals surface area contributed by atoms with E-state index in [-0.39, 0.29) is 4.71 Å². The van der Waals surface area contributed by atoms with E-state index < -0.39 is 11.6 Å². The molecule has 0 bridgehead atoms. The molecule has 1 aromatic carbocycles. The van der Waals surface area contributed by atoms with Crippen LogP contribution in [0.15, 0.2) is 16.5 Å². The van der Waals surface area contributed by atoms with Gasteiger partial charge in [-0.2, -0.15) is 0 Å². The van der Waals surface area contributed by atoms with Crippen molar-refractivity contribution in [3.63, 3.8) is 0 Å². The SMILES string of the molecule is CC1Cc2cc3cc(C(=O)OC(C)(C)C)c(=S)oc3c3c2N(C1)CC(C)C3. The average molecular weight is 386 g/mol. The van der Waals surface area contributed by atoms with Crippen molar-refractivity contribution in [2.24, 2.45) is 11.8 Å². The first-order valence-electron chi connectivity index (χ1n) is 9.73. The van der Waals surface area contributed by atoms with Crippen molar-refractivity contribution in [3.8, 4) is 0 Å². The third-order valence-corrected chi connectivity index (χ3v) is 5.59. The van der Waals surface area contributed by atoms with Crippen LogP contribution < -0.4 is 4.90 Å². The van der Waals surface area contributed by atoms with Gasteiger partial charge in [0.25, 0.3) is 0 Å². The predicted octanol–water partition coefficient (Wildman–Crippen LogP) is 5.31. The van der Waals surface area contributed by atoms with Gasteiger partial charge in [0.15, 0.2) is 0 Å². The molecular weight excluding hydrogens is 358 g/mol. The number of carbonyl (C=O) groups is 1. The minimum absolute atomic E-state index is 0.210. The van der Waals surface area contributed by atoms with Crippen LogP contribution in [0.25, 0.3) is 11.0 Å². The second kappa shape index (κ2) is 6.33. The Morgan fingerprint density at radius 2 is 1.85 bits per heavy atom. The third kappa shape index (κ3) is 3.38. The van der Waals surface area contributed by atoms with Crippen LogP contribution >= 0.6 is 12.2 Å². The highest BCUT2D eigenvalue weighted by Gasteiger charge is 2.32. The predicted molar refractivity (Wildman–Crippen MR) is 110 cm³/mol. The summed E-state index contributed by atoms with van der Waals surface area (Å²) in [7, 11) is 0. The summed E-state index contributed by atoms with van der Waals surface area (Å²) >= 11 is 5.42. The van der Waals surface area contributed by atoms with Gasteiger partial charge in [-0.15, -0.1) is 0 Å². The van der Waals surface area contributed by atoms with Gasteiger partial charge in [-0.25, -0.2) is 4.79 Å². The van der Waals surface area contributed by atoms with E-state index in [0.29, 0.717) is 17.4 Å². The molecule has 4 nitrogen and oxygen atoms in total. The maximum absolute atomic E-state index is 12.6. The molecule has 0 radical (unpaired) electrons. The van der Waals surface area contributed by atoms with Crippen molar-refractivity contribution in [1.82, 2.24) is 0 Å². The fourth-order valence-electron chi connectivity index (χ4n) is 4.46. The zero-order valence-electron chi connectivity index (χ0n) is 16.7. The van der Waals surface area contributed by atoms with Gasteiger partial charge in [-0.1, -0.05) is 13.8 Å². The summed E-state index contributed by atoms with van der Waals surface area (Å²) in [5.74, 6) is 0.761. The van der Waals surface area contributed by atoms with Crippen LogP contribution in [0.5, 0.6) is 0 Å². The molecule has 0 amide bonds. The quantitative estimate of drug-likeness (QED) is 0.492. The summed E-state index contributed by atoms with van der Waals surface area (Å²) in [6.45, 7) is 12.3. The van der Waals surface area contributed by atoms with Crippen LogP contribution in [0.3, 0.4) is 0 Å². The van der Waals surface area contributed by atoms with Crippen molar-refractivity contribution in [2.75, 3.05) is 18.0 Å². The lowest BCUT2D eigenvalue weighted by Gasteiger charge is -2.41. The Morgan fingerprint density at radius 3 is 2.52 bits per heavy atom. The van der Waals surface area contributed by atoms with Gasteiger partial charge >= 0.3 is 5.97 Å². The number of carbonyl (C=O) groups excluding carboxylic acids is 1. The number of hydrogen-bond acceptors (Lipinski definition) is 5. The van der Waals surface area contributed by atoms with Crippen molar-refractivity contribution in [3.05, 3.63) is 33.5 Å². The van der Waals surface area contributed by atoms with Crippen LogP contribution in [-0.4, -0.2) is 24.7 Å². The molecule has 0 N–H and O–H groups in total. The van der Waals surface area contributed by atoms with Crippen molar-refractivity contribution in [2.45, 2.75) is 53.1 Å². The van der Waals surface area contributed by atoms with Crippen molar-refractivity contribution < 1.29 is 13.9 Å². The summed E-state index contributed by atoms with van der Waals surface area (Å²) in [4.78, 5) is 15.1. The largest absolute Gasteiger partial charge is 0.456 e. The van der Waals surface area contributed by atoms with E-state index in [1.165, 1.54) is 16.8 Å². The van der Waals surface area contributed by atoms with E-state index in [2.05, 4.69) is 24.8 Å². The molecular formula is C22H27NO3S. The molecule has 2 aliphatic rings. The number of nitrogens with zero attached hydrogens (tertiary/aromatic N) is 1. The monoisotopic (exact) mass is 385 g/mol. The third-order valence-electron chi connectivity index (χ3n) is 5.29. The first-order valence-corrected chi connectivity index (χ1v) is 10.1. The van der Waals surface area contributed by atoms with Gasteiger partial charge in [0, 0.05) is 29.7 Å². The molecule has 2 aromatic rings. The molecule has 0 aliphatic carbocycles. The summed E-state index contributed by atoms with van der Waals surface area (Å²) < 4.78 is 11.8. The van der Waals surface area contributed by atoms with E-state index in [0.717, 1.165) is 36.9 Å². The van der Waals surface area contributed by atoms with Crippen LogP contribution in [0.2, 0.25) is 0 Å². The Morgan fingerprint density at radius 1 is 1.19 bits per heavy atom. The van der Waals surface area contributed by atoms with E-state index in [1.807, 2.05) is 26.8 Å². The lowest BCUT2D eigenvalue weighted by atomic mass is 9.83. The van der Waals surface area contributed by atoms with Crippen LogP contribution in [-0.2, 0) is 17.6 Å². The molecule has 2 atom stereocenters. The van der Waals surface area contributed by atoms with Crippen LogP contribution in [0, 0.1) is 16.5 Å². The standard InChI is InChI=1S/C22H27NO3S/c1-12-6-14-8-15-9-17(20(24)26-22(3,4)5)21(27)25-19(15)16-7-13(2)11-23(10-12)18(14)16/h8-9,12-13H,6-7,10-11H2,1-5H3. The van der Waals surface area contributed by atoms with Crippen molar-refractivity contribution in [1.29, 1.82) is 0 Å². The van der Waals surface area contributed by atoms with Gasteiger partial charge in [0.2, 0.25) is 4.71 Å². The van der Waals surface area contributed by atoms with Crippen LogP contribution in [0.4, 0.5) is 5.69 Å². The second-order valence-electron chi connectivity index (χ2n) is 9.25. The number of rotatable bonds is 1. The molecule has 2 aliphatic heterocycles. The highest BCUT2D eigenvalue weighted by atomic mass is 32.1. The summed E-state index contributed by atoms with van der Waals surface area (Å²) in [6.07, 6.45) is 2.04. The lowest BCUT2D eigenvalue weighted by Crippen LogP contribution is -2.41. The lowest BCUT2D eigenvalue weighted by molar-refractivity contribution is 0.00666. The molecule has 0 saturated heterocycles. The van der Waals surface area contributed by atoms with E-state index in [4.69, 9.17) is 21.4 Å². The minimum atomic E-state index is -0.568. The summed E-state index contributed by atoms with van der Waals surface area (Å²) in [6, 6.07) is 4.04. The zero-order chi connectivity index (χ0) is 19.5. The molecule has 0 saturated carbocycles. The maximum atomic E-state index is 12.6. The molecule has 2 unspecified atom stereocenters. The molecule has 4 rings (SSSR count). The maximum Gasteiger partial charge on any atom is 0.343 e. The first-order chi connectivity index (χ1) is 12.6. The molecule has 144 valence electrons. The Balaban J connectivity index is 1.90. The highest BCUT2D eigenvalue weighted by molar-refractivity contribution is 7.71. The number of benzene rings is 1. The number of hydrogen-bond donors (Lipinski definition) is 0. The number of anilines is 1. The van der Waals surface area contributed by atoms with Crippen LogP contribution in [0.1, 0.15) is 56.1 Å². The average Bonchev–Trinajstić information content (AvgIpc) is 2.52. The Labute approximate surface area is 165 Å². The molecule has 0 fully saturated rings.